The summed E-state index contributed by atoms with van der Waals surface area (Å²) in [6, 6.07) is 0. The molecule has 0 unspecified atom stereocenters. The third-order valence-corrected chi connectivity index (χ3v) is 0.810. The average Bonchev–Trinajstić information content (AvgIpc) is 1.81. The predicted octanol–water partition coefficient (Wildman–Crippen LogP) is -0.722. The van der Waals surface area contributed by atoms with Crippen LogP contribution >= 0.6 is 0 Å². The summed E-state index contributed by atoms with van der Waals surface area (Å²) < 4.78 is 0. The molecule has 58 valence electrons. The second kappa shape index (κ2) is 16.9. The second-order valence-corrected chi connectivity index (χ2v) is 1.63. The Hall–Kier alpha value is 1.52. The van der Waals surface area contributed by atoms with E-state index in [4.69, 9.17) is 4.84 Å². The van der Waals surface area contributed by atoms with E-state index in [1.54, 1.807) is 0 Å². The molecule has 0 amide bonds. The molecule has 0 aromatic rings. The van der Waals surface area contributed by atoms with Crippen molar-refractivity contribution in [2.75, 3.05) is 13.2 Å². The van der Waals surface area contributed by atoms with Crippen molar-refractivity contribution in [1.29, 1.82) is 0 Å². The van der Waals surface area contributed by atoms with Gasteiger partial charge in [-0.25, -0.2) is 0 Å². The first kappa shape index (κ1) is 17.6. The summed E-state index contributed by atoms with van der Waals surface area (Å²) in [4.78, 5) is 4.85. The van der Waals surface area contributed by atoms with E-state index in [0.717, 1.165) is 19.6 Å². The SMILES string of the molecule is CCCCO[N-]CC.N.[K+]. The Labute approximate surface area is 106 Å². The third-order valence-electron chi connectivity index (χ3n) is 0.810. The van der Waals surface area contributed by atoms with Crippen LogP contribution in [0.4, 0.5) is 0 Å². The fourth-order valence-corrected chi connectivity index (χ4v) is 0.365. The van der Waals surface area contributed by atoms with Crippen molar-refractivity contribution in [3.05, 3.63) is 5.48 Å². The number of hydrogen-bond donors (Lipinski definition) is 1. The molecule has 4 heteroatoms. The van der Waals surface area contributed by atoms with Crippen LogP contribution in [-0.4, -0.2) is 13.2 Å². The summed E-state index contributed by atoms with van der Waals surface area (Å²) in [5, 5.41) is 0. The van der Waals surface area contributed by atoms with Crippen molar-refractivity contribution in [3.8, 4) is 0 Å². The van der Waals surface area contributed by atoms with Gasteiger partial charge >= 0.3 is 51.4 Å². The molecule has 0 saturated heterocycles. The molecule has 3 nitrogen and oxygen atoms in total. The smallest absolute Gasteiger partial charge is 0.534 e. The largest absolute Gasteiger partial charge is 1.00 e. The van der Waals surface area contributed by atoms with Gasteiger partial charge in [0.05, 0.1) is 0 Å². The van der Waals surface area contributed by atoms with Gasteiger partial charge in [-0.05, 0) is 6.42 Å². The van der Waals surface area contributed by atoms with Crippen LogP contribution < -0.4 is 57.5 Å². The van der Waals surface area contributed by atoms with E-state index >= 15 is 0 Å². The zero-order valence-corrected chi connectivity index (χ0v) is 10.5. The Kier molecular flexibility index (Phi) is 29.6. The predicted molar refractivity (Wildman–Crippen MR) is 39.8 cm³/mol. The van der Waals surface area contributed by atoms with Gasteiger partial charge < -0.3 is 16.5 Å². The molecule has 0 rings (SSSR count). The van der Waals surface area contributed by atoms with Gasteiger partial charge in [0.15, 0.2) is 0 Å². The normalized spacial score (nSPS) is 7.80. The van der Waals surface area contributed by atoms with Crippen LogP contribution in [0.3, 0.4) is 0 Å². The molecule has 0 heterocycles. The van der Waals surface area contributed by atoms with Crippen LogP contribution in [0.15, 0.2) is 0 Å². The molecule has 3 N–H and O–H groups in total. The average molecular weight is 172 g/mol. The van der Waals surface area contributed by atoms with Gasteiger partial charge in [-0.3, -0.25) is 0 Å². The topological polar surface area (TPSA) is 58.3 Å². The van der Waals surface area contributed by atoms with Gasteiger partial charge in [-0.2, -0.15) is 0 Å². The molecule has 0 aliphatic heterocycles. The van der Waals surface area contributed by atoms with Crippen LogP contribution in [-0.2, 0) is 4.84 Å². The minimum Gasteiger partial charge on any atom is -0.534 e. The van der Waals surface area contributed by atoms with Gasteiger partial charge in [0.2, 0.25) is 0 Å². The molecule has 0 aromatic heterocycles. The fourth-order valence-electron chi connectivity index (χ4n) is 0.365. The van der Waals surface area contributed by atoms with Crippen LogP contribution in [0.5, 0.6) is 0 Å². The zero-order valence-electron chi connectivity index (χ0n) is 7.39. The number of nitrogens with zero attached hydrogens (tertiary/aromatic N) is 1. The summed E-state index contributed by atoms with van der Waals surface area (Å²) >= 11 is 0. The van der Waals surface area contributed by atoms with E-state index in [0.29, 0.717) is 0 Å². The minimum atomic E-state index is 0. The maximum Gasteiger partial charge on any atom is 1.00 e. The zero-order chi connectivity index (χ0) is 6.24. The van der Waals surface area contributed by atoms with Crippen LogP contribution in [0.2, 0.25) is 0 Å². The third kappa shape index (κ3) is 16.3. The molecule has 10 heavy (non-hydrogen) atoms. The summed E-state index contributed by atoms with van der Waals surface area (Å²) in [5.41, 5.74) is 3.71. The molecular formula is C6H17KN2O. The van der Waals surface area contributed by atoms with E-state index in [1.165, 1.54) is 6.42 Å². The standard InChI is InChI=1S/C6H14NO.K.H3N/c1-3-5-6-8-7-4-2;;/h3-6H2,1-2H3;;1H3/q-1;+1;. The van der Waals surface area contributed by atoms with Crippen molar-refractivity contribution >= 4 is 0 Å². The van der Waals surface area contributed by atoms with Gasteiger partial charge in [0.1, 0.15) is 0 Å². The molecule has 0 fully saturated rings. The summed E-state index contributed by atoms with van der Waals surface area (Å²) in [6.45, 7) is 5.65. The summed E-state index contributed by atoms with van der Waals surface area (Å²) in [7, 11) is 0. The van der Waals surface area contributed by atoms with E-state index < -0.39 is 0 Å². The molecule has 0 atom stereocenters. The maximum absolute atomic E-state index is 4.85. The maximum atomic E-state index is 4.85. The van der Waals surface area contributed by atoms with Gasteiger partial charge in [-0.15, -0.1) is 6.54 Å². The van der Waals surface area contributed by atoms with Crippen molar-refractivity contribution in [1.82, 2.24) is 6.15 Å². The Morgan fingerprint density at radius 1 is 1.30 bits per heavy atom. The van der Waals surface area contributed by atoms with Crippen LogP contribution in [0, 0.1) is 0 Å². The quantitative estimate of drug-likeness (QED) is 0.338. The number of hydrogen-bond acceptors (Lipinski definition) is 2. The molecular weight excluding hydrogens is 155 g/mol. The van der Waals surface area contributed by atoms with Crippen molar-refractivity contribution < 1.29 is 56.2 Å². The van der Waals surface area contributed by atoms with E-state index in [2.05, 4.69) is 12.4 Å². The van der Waals surface area contributed by atoms with Crippen molar-refractivity contribution in [2.24, 2.45) is 0 Å². The molecule has 0 bridgehead atoms. The Balaban J connectivity index is -0.000000245. The number of rotatable bonds is 5. The van der Waals surface area contributed by atoms with Crippen LogP contribution in [0.1, 0.15) is 26.7 Å². The molecule has 0 aliphatic rings. The Morgan fingerprint density at radius 2 is 1.90 bits per heavy atom. The minimum absolute atomic E-state index is 0. The molecule has 0 radical (unpaired) electrons. The Morgan fingerprint density at radius 3 is 2.30 bits per heavy atom. The molecule has 0 spiro atoms. The summed E-state index contributed by atoms with van der Waals surface area (Å²) in [5.74, 6) is 0. The monoisotopic (exact) mass is 172 g/mol. The first-order chi connectivity index (χ1) is 3.91. The molecule has 0 aromatic carbocycles. The second-order valence-electron chi connectivity index (χ2n) is 1.63. The molecule has 0 saturated carbocycles. The fraction of sp³-hybridized carbons (Fsp3) is 1.00. The summed E-state index contributed by atoms with van der Waals surface area (Å²) in [6.07, 6.45) is 2.29. The number of unbranched alkanes of at least 4 members (excludes halogenated alkanes) is 1. The van der Waals surface area contributed by atoms with Crippen LogP contribution in [0.25, 0.3) is 5.48 Å². The molecule has 0 aliphatic carbocycles. The van der Waals surface area contributed by atoms with Gasteiger partial charge in [-0.1, -0.05) is 20.3 Å². The van der Waals surface area contributed by atoms with Crippen molar-refractivity contribution in [3.63, 3.8) is 0 Å². The van der Waals surface area contributed by atoms with Crippen molar-refractivity contribution in [2.45, 2.75) is 26.7 Å². The van der Waals surface area contributed by atoms with E-state index in [-0.39, 0.29) is 57.5 Å². The Bertz CT molecular complexity index is 40.7. The first-order valence-electron chi connectivity index (χ1n) is 3.20. The van der Waals surface area contributed by atoms with Gasteiger partial charge in [0, 0.05) is 6.61 Å². The number of hydroxylamine groups is 1. The first-order valence-corrected chi connectivity index (χ1v) is 3.20. The van der Waals surface area contributed by atoms with E-state index in [1.807, 2.05) is 6.92 Å². The van der Waals surface area contributed by atoms with Gasteiger partial charge in [0.25, 0.3) is 0 Å². The van der Waals surface area contributed by atoms with E-state index in [9.17, 15) is 0 Å².